The number of alkyl halides is 2. The molecule has 0 amide bonds. The zero-order valence-electron chi connectivity index (χ0n) is 3.89. The van der Waals surface area contributed by atoms with Crippen molar-refractivity contribution in [2.24, 2.45) is 0 Å². The van der Waals surface area contributed by atoms with Crippen LogP contribution in [0.3, 0.4) is 0 Å². The van der Waals surface area contributed by atoms with Crippen LogP contribution in [0.1, 0.15) is 0 Å². The first kappa shape index (κ1) is 7.02. The minimum absolute atomic E-state index is 0.208. The van der Waals surface area contributed by atoms with Crippen molar-refractivity contribution in [3.8, 4) is 0 Å². The van der Waals surface area contributed by atoms with E-state index in [0.29, 0.717) is 0 Å². The molecule has 0 bridgehead atoms. The van der Waals surface area contributed by atoms with Gasteiger partial charge < -0.3 is 0 Å². The molecular formula is C3H4Br2O2S. The summed E-state index contributed by atoms with van der Waals surface area (Å²) in [5.41, 5.74) is 0. The normalized spacial score (nSPS) is 31.2. The van der Waals surface area contributed by atoms with E-state index in [2.05, 4.69) is 31.9 Å². The fraction of sp³-hybridized carbons (Fsp3) is 1.00. The molecule has 0 unspecified atom stereocenters. The average Bonchev–Trinajstić information content (AvgIpc) is 1.20. The summed E-state index contributed by atoms with van der Waals surface area (Å²) in [6.45, 7) is 0. The van der Waals surface area contributed by atoms with Crippen LogP contribution < -0.4 is 0 Å². The molecule has 0 radical (unpaired) electrons. The van der Waals surface area contributed by atoms with Crippen molar-refractivity contribution >= 4 is 41.7 Å². The molecule has 5 heteroatoms. The van der Waals surface area contributed by atoms with E-state index in [4.69, 9.17) is 0 Å². The van der Waals surface area contributed by atoms with Gasteiger partial charge in [0.1, 0.15) is 3.23 Å². The van der Waals surface area contributed by atoms with Gasteiger partial charge in [-0.25, -0.2) is 8.42 Å². The highest BCUT2D eigenvalue weighted by atomic mass is 79.9. The standard InChI is InChI=1S/C3H4Br2O2S/c4-3(5)1-8(6,7)2-3/h1-2H2. The molecule has 0 aromatic carbocycles. The van der Waals surface area contributed by atoms with Gasteiger partial charge in [-0.05, 0) is 0 Å². The van der Waals surface area contributed by atoms with E-state index in [1.54, 1.807) is 0 Å². The SMILES string of the molecule is O=S1(=O)CC(Br)(Br)C1. The lowest BCUT2D eigenvalue weighted by Crippen LogP contribution is -2.44. The molecule has 0 aliphatic carbocycles. The van der Waals surface area contributed by atoms with Gasteiger partial charge in [-0.15, -0.1) is 0 Å². The van der Waals surface area contributed by atoms with Crippen LogP contribution in [0.2, 0.25) is 0 Å². The van der Waals surface area contributed by atoms with E-state index < -0.39 is 9.84 Å². The second-order valence-electron chi connectivity index (χ2n) is 1.89. The maximum Gasteiger partial charge on any atom is 0.154 e. The van der Waals surface area contributed by atoms with Crippen LogP contribution >= 0.6 is 31.9 Å². The third-order valence-corrected chi connectivity index (χ3v) is 5.33. The molecular weight excluding hydrogens is 260 g/mol. The zero-order valence-corrected chi connectivity index (χ0v) is 7.88. The molecule has 48 valence electrons. The van der Waals surface area contributed by atoms with Crippen LogP contribution in [0, 0.1) is 0 Å². The summed E-state index contributed by atoms with van der Waals surface area (Å²) >= 11 is 6.35. The van der Waals surface area contributed by atoms with Crippen molar-refractivity contribution in [1.29, 1.82) is 0 Å². The molecule has 0 spiro atoms. The monoisotopic (exact) mass is 262 g/mol. The Kier molecular flexibility index (Phi) is 1.49. The highest BCUT2D eigenvalue weighted by molar-refractivity contribution is 9.25. The molecule has 1 saturated heterocycles. The summed E-state index contributed by atoms with van der Waals surface area (Å²) in [5, 5.41) is 0. The Labute approximate surface area is 64.8 Å². The van der Waals surface area contributed by atoms with Crippen molar-refractivity contribution in [2.75, 3.05) is 11.5 Å². The Morgan fingerprint density at radius 2 is 1.62 bits per heavy atom. The van der Waals surface area contributed by atoms with E-state index in [1.165, 1.54) is 0 Å². The molecule has 1 aliphatic heterocycles. The van der Waals surface area contributed by atoms with Gasteiger partial charge in [-0.3, -0.25) is 0 Å². The number of rotatable bonds is 0. The fourth-order valence-corrected chi connectivity index (χ4v) is 5.99. The van der Waals surface area contributed by atoms with Gasteiger partial charge in [0.25, 0.3) is 0 Å². The number of hydrogen-bond acceptors (Lipinski definition) is 2. The number of hydrogen-bond donors (Lipinski definition) is 0. The minimum atomic E-state index is -2.68. The quantitative estimate of drug-likeness (QED) is 0.609. The maximum absolute atomic E-state index is 10.4. The van der Waals surface area contributed by atoms with Crippen molar-refractivity contribution in [3.05, 3.63) is 0 Å². The molecule has 0 atom stereocenters. The summed E-state index contributed by atoms with van der Waals surface area (Å²) in [5.74, 6) is 0.417. The lowest BCUT2D eigenvalue weighted by atomic mass is 10.5. The second kappa shape index (κ2) is 1.70. The Balaban J connectivity index is 2.68. The van der Waals surface area contributed by atoms with E-state index in [1.807, 2.05) is 0 Å². The highest BCUT2D eigenvalue weighted by Gasteiger charge is 2.44. The van der Waals surface area contributed by atoms with Gasteiger partial charge in [0.2, 0.25) is 0 Å². The average molecular weight is 264 g/mol. The van der Waals surface area contributed by atoms with Crippen LogP contribution in [0.4, 0.5) is 0 Å². The Bertz CT molecular complexity index is 179. The van der Waals surface area contributed by atoms with Crippen molar-refractivity contribution in [2.45, 2.75) is 3.23 Å². The first-order valence-corrected chi connectivity index (χ1v) is 5.40. The molecule has 0 N–H and O–H groups in total. The summed E-state index contributed by atoms with van der Waals surface area (Å²) in [4.78, 5) is 0. The molecule has 1 fully saturated rings. The van der Waals surface area contributed by atoms with E-state index in [9.17, 15) is 8.42 Å². The fourth-order valence-electron chi connectivity index (χ4n) is 0.601. The van der Waals surface area contributed by atoms with Crippen LogP contribution in [-0.2, 0) is 9.84 Å². The highest BCUT2D eigenvalue weighted by Crippen LogP contribution is 2.38. The Hall–Kier alpha value is 0.910. The Morgan fingerprint density at radius 1 is 1.25 bits per heavy atom. The minimum Gasteiger partial charge on any atom is -0.229 e. The summed E-state index contributed by atoms with van der Waals surface area (Å²) in [7, 11) is -2.68. The van der Waals surface area contributed by atoms with E-state index in [0.717, 1.165) is 0 Å². The second-order valence-corrected chi connectivity index (χ2v) is 8.05. The molecule has 0 aromatic rings. The van der Waals surface area contributed by atoms with Crippen LogP contribution in [0.5, 0.6) is 0 Å². The van der Waals surface area contributed by atoms with Crippen molar-refractivity contribution < 1.29 is 8.42 Å². The zero-order chi connectivity index (χ0) is 6.41. The van der Waals surface area contributed by atoms with Crippen LogP contribution in [0.25, 0.3) is 0 Å². The lowest BCUT2D eigenvalue weighted by Gasteiger charge is -2.28. The third-order valence-electron chi connectivity index (χ3n) is 0.862. The van der Waals surface area contributed by atoms with Gasteiger partial charge in [0.05, 0.1) is 11.5 Å². The largest absolute Gasteiger partial charge is 0.229 e. The van der Waals surface area contributed by atoms with Crippen molar-refractivity contribution in [1.82, 2.24) is 0 Å². The first-order chi connectivity index (χ1) is 3.41. The number of sulfone groups is 1. The lowest BCUT2D eigenvalue weighted by molar-refractivity contribution is 0.580. The maximum atomic E-state index is 10.4. The predicted molar refractivity (Wildman–Crippen MR) is 39.2 cm³/mol. The van der Waals surface area contributed by atoms with Crippen LogP contribution in [0.15, 0.2) is 0 Å². The van der Waals surface area contributed by atoms with Gasteiger partial charge in [0.15, 0.2) is 9.84 Å². The molecule has 0 aromatic heterocycles. The molecule has 1 rings (SSSR count). The molecule has 0 saturated carbocycles. The van der Waals surface area contributed by atoms with E-state index >= 15 is 0 Å². The molecule has 2 nitrogen and oxygen atoms in total. The van der Waals surface area contributed by atoms with Gasteiger partial charge in [0, 0.05) is 0 Å². The summed E-state index contributed by atoms with van der Waals surface area (Å²) < 4.78 is 20.6. The first-order valence-electron chi connectivity index (χ1n) is 2.00. The topological polar surface area (TPSA) is 34.1 Å². The van der Waals surface area contributed by atoms with Crippen molar-refractivity contribution in [3.63, 3.8) is 0 Å². The molecule has 1 aliphatic rings. The van der Waals surface area contributed by atoms with Gasteiger partial charge in [-0.2, -0.15) is 0 Å². The molecule has 8 heavy (non-hydrogen) atoms. The molecule has 1 heterocycles. The van der Waals surface area contributed by atoms with E-state index in [-0.39, 0.29) is 14.7 Å². The van der Waals surface area contributed by atoms with Gasteiger partial charge in [-0.1, -0.05) is 31.9 Å². The summed E-state index contributed by atoms with van der Waals surface area (Å²) in [6, 6.07) is 0. The summed E-state index contributed by atoms with van der Waals surface area (Å²) in [6.07, 6.45) is 0. The third kappa shape index (κ3) is 1.45. The Morgan fingerprint density at radius 3 is 1.62 bits per heavy atom. The smallest absolute Gasteiger partial charge is 0.154 e. The predicted octanol–water partition coefficient (Wildman–Crippen LogP) is 0.901. The van der Waals surface area contributed by atoms with Crippen LogP contribution in [-0.4, -0.2) is 23.2 Å². The number of halogens is 2. The van der Waals surface area contributed by atoms with Gasteiger partial charge >= 0.3 is 0 Å².